The molecule has 3 nitrogen and oxygen atoms in total. The number of halogens is 2. The highest BCUT2D eigenvalue weighted by Gasteiger charge is 2.15. The molecule has 1 aromatic heterocycles. The first-order valence-electron chi connectivity index (χ1n) is 3.15. The minimum absolute atomic E-state index is 0.0411. The van der Waals surface area contributed by atoms with Crippen LogP contribution in [0.2, 0.25) is 5.35 Å². The molecule has 62 valence electrons. The minimum Gasteiger partial charge on any atom is -0.420 e. The predicted octanol–water partition coefficient (Wildman–Crippen LogP) is 2.53. The third kappa shape index (κ3) is 1.95. The van der Waals surface area contributed by atoms with Crippen molar-refractivity contribution in [3.8, 4) is 0 Å². The predicted molar refractivity (Wildman–Crippen MR) is 44.5 cm³/mol. The zero-order valence-electron chi connectivity index (χ0n) is 5.84. The molecule has 5 heteroatoms. The van der Waals surface area contributed by atoms with Gasteiger partial charge in [0.2, 0.25) is 0 Å². The van der Waals surface area contributed by atoms with Gasteiger partial charge in [-0.3, -0.25) is 0 Å². The van der Waals surface area contributed by atoms with Crippen LogP contribution in [0.15, 0.2) is 9.09 Å². The molecule has 0 aliphatic heterocycles. The molecule has 0 aliphatic carbocycles. The summed E-state index contributed by atoms with van der Waals surface area (Å²) >= 11 is 8.53. The third-order valence-electron chi connectivity index (χ3n) is 1.29. The Morgan fingerprint density at radius 3 is 2.82 bits per heavy atom. The Hall–Kier alpha value is -0.0600. The Kier molecular flexibility index (Phi) is 2.92. The van der Waals surface area contributed by atoms with Gasteiger partial charge in [-0.2, -0.15) is 4.98 Å². The van der Waals surface area contributed by atoms with Crippen LogP contribution in [0.3, 0.4) is 0 Å². The quantitative estimate of drug-likeness (QED) is 0.864. The molecule has 0 aliphatic rings. The summed E-state index contributed by atoms with van der Waals surface area (Å²) in [5.41, 5.74) is 0.456. The maximum Gasteiger partial charge on any atom is 0.293 e. The summed E-state index contributed by atoms with van der Waals surface area (Å²) < 4.78 is 5.25. The summed E-state index contributed by atoms with van der Waals surface area (Å²) in [4.78, 5) is 3.78. The number of oxazole rings is 1. The lowest BCUT2D eigenvalue weighted by molar-refractivity contribution is 0.167. The van der Waals surface area contributed by atoms with Crippen molar-refractivity contribution in [2.24, 2.45) is 0 Å². The molecule has 0 fully saturated rings. The van der Waals surface area contributed by atoms with Crippen LogP contribution in [0.1, 0.15) is 25.1 Å². The van der Waals surface area contributed by atoms with E-state index in [9.17, 15) is 5.11 Å². The Morgan fingerprint density at radius 1 is 1.82 bits per heavy atom. The lowest BCUT2D eigenvalue weighted by Crippen LogP contribution is -1.95. The second-order valence-electron chi connectivity index (χ2n) is 2.05. The van der Waals surface area contributed by atoms with Crippen molar-refractivity contribution in [2.45, 2.75) is 19.4 Å². The van der Waals surface area contributed by atoms with Crippen molar-refractivity contribution < 1.29 is 9.52 Å². The molecule has 11 heavy (non-hydrogen) atoms. The summed E-state index contributed by atoms with van der Waals surface area (Å²) in [6.07, 6.45) is -0.0257. The van der Waals surface area contributed by atoms with Crippen LogP contribution in [0.4, 0.5) is 0 Å². The summed E-state index contributed by atoms with van der Waals surface area (Å²) in [6, 6.07) is 0. The molecule has 0 radical (unpaired) electrons. The number of hydrogen-bond donors (Lipinski definition) is 1. The zero-order chi connectivity index (χ0) is 8.43. The number of nitrogens with zero attached hydrogens (tertiary/aromatic N) is 1. The van der Waals surface area contributed by atoms with Crippen molar-refractivity contribution in [3.05, 3.63) is 15.7 Å². The van der Waals surface area contributed by atoms with E-state index in [0.717, 1.165) is 0 Å². The average Bonchev–Trinajstić information content (AvgIpc) is 2.28. The third-order valence-corrected chi connectivity index (χ3v) is 2.02. The van der Waals surface area contributed by atoms with Crippen molar-refractivity contribution in [1.29, 1.82) is 0 Å². The highest BCUT2D eigenvalue weighted by atomic mass is 79.9. The van der Waals surface area contributed by atoms with Crippen LogP contribution in [0.5, 0.6) is 0 Å². The molecule has 1 unspecified atom stereocenters. The maximum absolute atomic E-state index is 9.31. The number of hydrogen-bond acceptors (Lipinski definition) is 3. The SMILES string of the molecule is CCC(O)c1nc(Cl)oc1Br. The van der Waals surface area contributed by atoms with E-state index < -0.39 is 6.10 Å². The van der Waals surface area contributed by atoms with Gasteiger partial charge < -0.3 is 9.52 Å². The molecule has 0 spiro atoms. The van der Waals surface area contributed by atoms with Gasteiger partial charge in [-0.25, -0.2) is 0 Å². The Bertz CT molecular complexity index is 251. The first-order chi connectivity index (χ1) is 5.15. The van der Waals surface area contributed by atoms with Gasteiger partial charge in [-0.15, -0.1) is 0 Å². The Balaban J connectivity index is 2.93. The van der Waals surface area contributed by atoms with E-state index in [1.807, 2.05) is 6.92 Å². The van der Waals surface area contributed by atoms with Crippen molar-refractivity contribution >= 4 is 27.5 Å². The number of aromatic nitrogens is 1. The standard InChI is InChI=1S/C6H7BrClNO2/c1-2-3(10)4-5(7)11-6(8)9-4/h3,10H,2H2,1H3. The first kappa shape index (κ1) is 9.03. The smallest absolute Gasteiger partial charge is 0.293 e. The van der Waals surface area contributed by atoms with Crippen LogP contribution >= 0.6 is 27.5 Å². The molecule has 0 aromatic carbocycles. The molecule has 0 saturated heterocycles. The zero-order valence-corrected chi connectivity index (χ0v) is 8.18. The molecular formula is C6H7BrClNO2. The van der Waals surface area contributed by atoms with E-state index in [4.69, 9.17) is 16.0 Å². The number of rotatable bonds is 2. The van der Waals surface area contributed by atoms with E-state index in [-0.39, 0.29) is 5.35 Å². The normalized spacial score (nSPS) is 13.5. The van der Waals surface area contributed by atoms with Crippen molar-refractivity contribution in [2.75, 3.05) is 0 Å². The van der Waals surface area contributed by atoms with Crippen LogP contribution in [-0.2, 0) is 0 Å². The van der Waals surface area contributed by atoms with Gasteiger partial charge in [-0.05, 0) is 34.0 Å². The average molecular weight is 240 g/mol. The Labute approximate surface area is 77.5 Å². The van der Waals surface area contributed by atoms with E-state index >= 15 is 0 Å². The molecule has 1 rings (SSSR count). The number of aliphatic hydroxyl groups excluding tert-OH is 1. The molecule has 1 atom stereocenters. The monoisotopic (exact) mass is 239 g/mol. The molecule has 1 heterocycles. The second-order valence-corrected chi connectivity index (χ2v) is 3.09. The highest BCUT2D eigenvalue weighted by molar-refractivity contribution is 9.10. The Morgan fingerprint density at radius 2 is 2.45 bits per heavy atom. The molecule has 1 N–H and O–H groups in total. The fraction of sp³-hybridized carbons (Fsp3) is 0.500. The highest BCUT2D eigenvalue weighted by Crippen LogP contribution is 2.27. The lowest BCUT2D eigenvalue weighted by Gasteiger charge is -2.01. The molecule has 1 aromatic rings. The van der Waals surface area contributed by atoms with Crippen molar-refractivity contribution in [3.63, 3.8) is 0 Å². The van der Waals surface area contributed by atoms with Gasteiger partial charge in [-0.1, -0.05) is 6.92 Å². The van der Waals surface area contributed by atoms with E-state index in [2.05, 4.69) is 20.9 Å². The van der Waals surface area contributed by atoms with Crippen LogP contribution in [0, 0.1) is 0 Å². The molecule has 0 amide bonds. The van der Waals surface area contributed by atoms with E-state index in [0.29, 0.717) is 16.8 Å². The van der Waals surface area contributed by atoms with Gasteiger partial charge in [0, 0.05) is 0 Å². The number of aliphatic hydroxyl groups is 1. The maximum atomic E-state index is 9.31. The minimum atomic E-state index is -0.611. The first-order valence-corrected chi connectivity index (χ1v) is 4.32. The van der Waals surface area contributed by atoms with Crippen LogP contribution < -0.4 is 0 Å². The lowest BCUT2D eigenvalue weighted by atomic mass is 10.2. The summed E-state index contributed by atoms with van der Waals surface area (Å²) in [7, 11) is 0. The van der Waals surface area contributed by atoms with E-state index in [1.54, 1.807) is 0 Å². The molecule has 0 bridgehead atoms. The molecular weight excluding hydrogens is 233 g/mol. The van der Waals surface area contributed by atoms with E-state index in [1.165, 1.54) is 0 Å². The van der Waals surface area contributed by atoms with Gasteiger partial charge in [0.15, 0.2) is 4.67 Å². The summed E-state index contributed by atoms with van der Waals surface area (Å²) in [6.45, 7) is 1.85. The van der Waals surface area contributed by atoms with Gasteiger partial charge in [0.25, 0.3) is 5.35 Å². The fourth-order valence-electron chi connectivity index (χ4n) is 0.687. The topological polar surface area (TPSA) is 46.3 Å². The van der Waals surface area contributed by atoms with Crippen molar-refractivity contribution in [1.82, 2.24) is 4.98 Å². The van der Waals surface area contributed by atoms with Gasteiger partial charge in [0.05, 0.1) is 0 Å². The fourth-order valence-corrected chi connectivity index (χ4v) is 1.45. The van der Waals surface area contributed by atoms with Gasteiger partial charge in [0.1, 0.15) is 11.8 Å². The second kappa shape index (κ2) is 3.56. The van der Waals surface area contributed by atoms with Gasteiger partial charge >= 0.3 is 0 Å². The largest absolute Gasteiger partial charge is 0.420 e. The van der Waals surface area contributed by atoms with Crippen LogP contribution in [0.25, 0.3) is 0 Å². The summed E-state index contributed by atoms with van der Waals surface area (Å²) in [5, 5.41) is 9.35. The molecule has 0 saturated carbocycles. The summed E-state index contributed by atoms with van der Waals surface area (Å²) in [5.74, 6) is 0. The van der Waals surface area contributed by atoms with Crippen LogP contribution in [-0.4, -0.2) is 10.1 Å².